The van der Waals surface area contributed by atoms with Crippen LogP contribution in [0, 0.1) is 0 Å². The van der Waals surface area contributed by atoms with Gasteiger partial charge in [0, 0.05) is 20.7 Å². The van der Waals surface area contributed by atoms with Gasteiger partial charge in [-0.1, -0.05) is 0 Å². The first-order chi connectivity index (χ1) is 4.48. The number of likely N-dealkylation sites (N-methyl/N-ethyl adjacent to an activating group) is 1. The Morgan fingerprint density at radius 3 is 2.40 bits per heavy atom. The van der Waals surface area contributed by atoms with Gasteiger partial charge < -0.3 is 4.74 Å². The lowest BCUT2D eigenvalue weighted by molar-refractivity contribution is 0.182. The SMILES string of the molecule is COCCN(C)S(=O)(=O)O. The van der Waals surface area contributed by atoms with Crippen LogP contribution in [0.1, 0.15) is 0 Å². The summed E-state index contributed by atoms with van der Waals surface area (Å²) >= 11 is 0. The molecule has 0 aromatic carbocycles. The van der Waals surface area contributed by atoms with E-state index in [1.807, 2.05) is 0 Å². The van der Waals surface area contributed by atoms with Crippen molar-refractivity contribution in [3.8, 4) is 0 Å². The Labute approximate surface area is 60.5 Å². The minimum atomic E-state index is -4.02. The van der Waals surface area contributed by atoms with E-state index in [1.54, 1.807) is 0 Å². The predicted molar refractivity (Wildman–Crippen MR) is 36.1 cm³/mol. The highest BCUT2D eigenvalue weighted by Crippen LogP contribution is 1.90. The summed E-state index contributed by atoms with van der Waals surface area (Å²) in [6.45, 7) is 0.436. The molecule has 0 bridgehead atoms. The highest BCUT2D eigenvalue weighted by molar-refractivity contribution is 7.83. The van der Waals surface area contributed by atoms with E-state index in [1.165, 1.54) is 14.2 Å². The minimum Gasteiger partial charge on any atom is -0.383 e. The Morgan fingerprint density at radius 1 is 1.60 bits per heavy atom. The molecule has 6 heteroatoms. The van der Waals surface area contributed by atoms with E-state index in [9.17, 15) is 8.42 Å². The summed E-state index contributed by atoms with van der Waals surface area (Å²) in [5.41, 5.74) is 0. The maximum Gasteiger partial charge on any atom is 0.335 e. The molecular formula is C4H11NO4S. The van der Waals surface area contributed by atoms with Gasteiger partial charge in [-0.15, -0.1) is 0 Å². The van der Waals surface area contributed by atoms with E-state index in [0.29, 0.717) is 0 Å². The molecule has 62 valence electrons. The number of methoxy groups -OCH3 is 1. The van der Waals surface area contributed by atoms with Gasteiger partial charge in [-0.05, 0) is 0 Å². The van der Waals surface area contributed by atoms with E-state index < -0.39 is 10.3 Å². The van der Waals surface area contributed by atoms with Gasteiger partial charge in [0.25, 0.3) is 0 Å². The molecule has 0 aliphatic heterocycles. The molecule has 0 fully saturated rings. The third-order valence-corrected chi connectivity index (χ3v) is 1.97. The predicted octanol–water partition coefficient (Wildman–Crippen LogP) is -0.633. The normalized spacial score (nSPS) is 12.4. The third kappa shape index (κ3) is 3.78. The molecule has 0 radical (unpaired) electrons. The third-order valence-electron chi connectivity index (χ3n) is 1.00. The van der Waals surface area contributed by atoms with Gasteiger partial charge in [-0.2, -0.15) is 12.7 Å². The second-order valence-corrected chi connectivity index (χ2v) is 3.31. The molecule has 0 spiro atoms. The summed E-state index contributed by atoms with van der Waals surface area (Å²) in [7, 11) is -1.29. The van der Waals surface area contributed by atoms with Crippen molar-refractivity contribution >= 4 is 10.3 Å². The first-order valence-corrected chi connectivity index (χ1v) is 4.06. The maximum atomic E-state index is 10.3. The van der Waals surface area contributed by atoms with Gasteiger partial charge in [0.2, 0.25) is 0 Å². The van der Waals surface area contributed by atoms with Crippen LogP contribution in [-0.2, 0) is 15.0 Å². The molecule has 0 rings (SSSR count). The second-order valence-electron chi connectivity index (χ2n) is 1.79. The number of rotatable bonds is 4. The van der Waals surface area contributed by atoms with Gasteiger partial charge >= 0.3 is 10.3 Å². The van der Waals surface area contributed by atoms with E-state index >= 15 is 0 Å². The van der Waals surface area contributed by atoms with Crippen molar-refractivity contribution in [1.82, 2.24) is 4.31 Å². The van der Waals surface area contributed by atoms with E-state index in [0.717, 1.165) is 4.31 Å². The maximum absolute atomic E-state index is 10.3. The fourth-order valence-corrected chi connectivity index (χ4v) is 0.640. The molecule has 0 atom stereocenters. The van der Waals surface area contributed by atoms with Crippen LogP contribution in [0.15, 0.2) is 0 Å². The van der Waals surface area contributed by atoms with Crippen LogP contribution < -0.4 is 0 Å². The van der Waals surface area contributed by atoms with Crippen LogP contribution in [0.3, 0.4) is 0 Å². The lowest BCUT2D eigenvalue weighted by atomic mass is 10.7. The fraction of sp³-hybridized carbons (Fsp3) is 1.00. The van der Waals surface area contributed by atoms with Crippen LogP contribution in [0.4, 0.5) is 0 Å². The second kappa shape index (κ2) is 3.87. The fourth-order valence-electron chi connectivity index (χ4n) is 0.335. The van der Waals surface area contributed by atoms with Crippen molar-refractivity contribution in [2.24, 2.45) is 0 Å². The molecule has 5 nitrogen and oxygen atoms in total. The van der Waals surface area contributed by atoms with Gasteiger partial charge in [0.05, 0.1) is 6.61 Å². The van der Waals surface area contributed by atoms with Crippen molar-refractivity contribution in [1.29, 1.82) is 0 Å². The standard InChI is InChI=1S/C4H11NO4S/c1-5(3-4-9-2)10(6,7)8/h3-4H2,1-2H3,(H,6,7,8). The largest absolute Gasteiger partial charge is 0.383 e. The molecule has 0 heterocycles. The number of hydrogen-bond acceptors (Lipinski definition) is 3. The highest BCUT2D eigenvalue weighted by atomic mass is 32.2. The summed E-state index contributed by atoms with van der Waals surface area (Å²) < 4.78 is 34.3. The lowest BCUT2D eigenvalue weighted by Crippen LogP contribution is -2.29. The average molecular weight is 169 g/mol. The quantitative estimate of drug-likeness (QED) is 0.569. The van der Waals surface area contributed by atoms with Gasteiger partial charge in [-0.3, -0.25) is 4.55 Å². The Balaban J connectivity index is 3.75. The molecule has 0 unspecified atom stereocenters. The van der Waals surface area contributed by atoms with Crippen molar-refractivity contribution in [3.05, 3.63) is 0 Å². The number of hydrogen-bond donors (Lipinski definition) is 1. The Morgan fingerprint density at radius 2 is 2.10 bits per heavy atom. The molecule has 0 aromatic rings. The highest BCUT2D eigenvalue weighted by Gasteiger charge is 2.11. The zero-order valence-electron chi connectivity index (χ0n) is 5.94. The van der Waals surface area contributed by atoms with Gasteiger partial charge in [0.15, 0.2) is 0 Å². The summed E-state index contributed by atoms with van der Waals surface area (Å²) in [6, 6.07) is 0. The van der Waals surface area contributed by atoms with Crippen molar-refractivity contribution in [2.45, 2.75) is 0 Å². The van der Waals surface area contributed by atoms with Crippen LogP contribution in [0.25, 0.3) is 0 Å². The molecular weight excluding hydrogens is 158 g/mol. The van der Waals surface area contributed by atoms with Gasteiger partial charge in [-0.25, -0.2) is 0 Å². The van der Waals surface area contributed by atoms with E-state index in [4.69, 9.17) is 4.55 Å². The van der Waals surface area contributed by atoms with Crippen LogP contribution in [0.2, 0.25) is 0 Å². The number of nitrogens with zero attached hydrogens (tertiary/aromatic N) is 1. The molecule has 0 amide bonds. The molecule has 0 saturated carbocycles. The molecule has 0 aromatic heterocycles. The van der Waals surface area contributed by atoms with Crippen LogP contribution in [0.5, 0.6) is 0 Å². The smallest absolute Gasteiger partial charge is 0.335 e. The summed E-state index contributed by atoms with van der Waals surface area (Å²) in [5, 5.41) is 0. The molecule has 10 heavy (non-hydrogen) atoms. The van der Waals surface area contributed by atoms with Crippen molar-refractivity contribution < 1.29 is 17.7 Å². The summed E-state index contributed by atoms with van der Waals surface area (Å²) in [5.74, 6) is 0. The van der Waals surface area contributed by atoms with Crippen LogP contribution in [-0.4, -0.2) is 44.6 Å². The lowest BCUT2D eigenvalue weighted by Gasteiger charge is -2.10. The Bertz CT molecular complexity index is 176. The monoisotopic (exact) mass is 169 g/mol. The first kappa shape index (κ1) is 9.83. The molecule has 1 N–H and O–H groups in total. The molecule has 0 aliphatic rings. The Kier molecular flexibility index (Phi) is 3.80. The molecule has 0 aliphatic carbocycles. The topological polar surface area (TPSA) is 66.8 Å². The van der Waals surface area contributed by atoms with E-state index in [-0.39, 0.29) is 13.2 Å². The van der Waals surface area contributed by atoms with Crippen molar-refractivity contribution in [2.75, 3.05) is 27.3 Å². The molecule has 0 saturated heterocycles. The number of ether oxygens (including phenoxy) is 1. The average Bonchev–Trinajstić information content (AvgIpc) is 1.80. The first-order valence-electron chi connectivity index (χ1n) is 2.66. The Hall–Kier alpha value is -0.170. The zero-order valence-corrected chi connectivity index (χ0v) is 6.76. The summed E-state index contributed by atoms with van der Waals surface area (Å²) in [4.78, 5) is 0. The van der Waals surface area contributed by atoms with E-state index in [2.05, 4.69) is 4.74 Å². The minimum absolute atomic E-state index is 0.162. The zero-order chi connectivity index (χ0) is 8.20. The summed E-state index contributed by atoms with van der Waals surface area (Å²) in [6.07, 6.45) is 0. The van der Waals surface area contributed by atoms with Crippen molar-refractivity contribution in [3.63, 3.8) is 0 Å². The van der Waals surface area contributed by atoms with Crippen LogP contribution >= 0.6 is 0 Å². The van der Waals surface area contributed by atoms with Gasteiger partial charge in [0.1, 0.15) is 0 Å².